The fourth-order valence-electron chi connectivity index (χ4n) is 3.61. The quantitative estimate of drug-likeness (QED) is 0.634. The third-order valence-corrected chi connectivity index (χ3v) is 5.12. The maximum absolute atomic E-state index is 13.5. The zero-order valence-corrected chi connectivity index (χ0v) is 18.0. The van der Waals surface area contributed by atoms with Crippen LogP contribution in [0.3, 0.4) is 0 Å². The van der Waals surface area contributed by atoms with Gasteiger partial charge in [0.15, 0.2) is 0 Å². The molecule has 9 nitrogen and oxygen atoms in total. The molecular weight excluding hydrogens is 394 g/mol. The van der Waals surface area contributed by atoms with Crippen LogP contribution in [0.4, 0.5) is 17.3 Å². The van der Waals surface area contributed by atoms with Crippen LogP contribution in [0, 0.1) is 0 Å². The van der Waals surface area contributed by atoms with E-state index >= 15 is 0 Å². The van der Waals surface area contributed by atoms with E-state index in [0.717, 1.165) is 11.3 Å². The van der Waals surface area contributed by atoms with Crippen LogP contribution in [0.15, 0.2) is 59.8 Å². The van der Waals surface area contributed by atoms with Gasteiger partial charge >= 0.3 is 0 Å². The molecule has 2 N–H and O–H groups in total. The monoisotopic (exact) mass is 419 g/mol. The van der Waals surface area contributed by atoms with Crippen LogP contribution in [0.5, 0.6) is 5.75 Å². The summed E-state index contributed by atoms with van der Waals surface area (Å²) in [5.41, 5.74) is 3.80. The highest BCUT2D eigenvalue weighted by Gasteiger charge is 2.34. The number of ether oxygens (including phenoxy) is 1. The van der Waals surface area contributed by atoms with Gasteiger partial charge in [0.05, 0.1) is 17.9 Å². The van der Waals surface area contributed by atoms with Crippen molar-refractivity contribution in [3.8, 4) is 5.75 Å². The molecule has 0 fully saturated rings. The summed E-state index contributed by atoms with van der Waals surface area (Å²) in [5.74, 6) is 0.862. The molecule has 2 aromatic carbocycles. The SMILES string of the molecule is CCOc1ccccc1NC(=O)C1=C(C)Nc2nnnn2C1c1ccc(N(C)C)cc1. The second kappa shape index (κ2) is 8.47. The van der Waals surface area contributed by atoms with E-state index in [0.29, 0.717) is 35.3 Å². The molecule has 1 aliphatic rings. The number of hydrogen-bond acceptors (Lipinski definition) is 7. The molecule has 160 valence electrons. The maximum Gasteiger partial charge on any atom is 0.255 e. The lowest BCUT2D eigenvalue weighted by Crippen LogP contribution is -2.31. The van der Waals surface area contributed by atoms with Gasteiger partial charge in [-0.2, -0.15) is 4.68 Å². The van der Waals surface area contributed by atoms with Crippen molar-refractivity contribution < 1.29 is 9.53 Å². The first-order valence-electron chi connectivity index (χ1n) is 10.1. The highest BCUT2D eigenvalue weighted by atomic mass is 16.5. The molecule has 1 amide bonds. The number of tetrazole rings is 1. The molecule has 0 saturated heterocycles. The number of para-hydroxylation sites is 2. The summed E-state index contributed by atoms with van der Waals surface area (Å²) in [6.07, 6.45) is 0. The lowest BCUT2D eigenvalue weighted by atomic mass is 9.94. The number of amides is 1. The fraction of sp³-hybridized carbons (Fsp3) is 0.273. The average molecular weight is 419 g/mol. The molecule has 0 radical (unpaired) electrons. The van der Waals surface area contributed by atoms with Crippen molar-refractivity contribution in [1.82, 2.24) is 20.2 Å². The summed E-state index contributed by atoms with van der Waals surface area (Å²) in [6, 6.07) is 14.9. The highest BCUT2D eigenvalue weighted by Crippen LogP contribution is 2.36. The van der Waals surface area contributed by atoms with E-state index < -0.39 is 6.04 Å². The zero-order chi connectivity index (χ0) is 22.0. The minimum Gasteiger partial charge on any atom is -0.492 e. The van der Waals surface area contributed by atoms with Gasteiger partial charge in [0, 0.05) is 25.5 Å². The van der Waals surface area contributed by atoms with Crippen molar-refractivity contribution in [2.45, 2.75) is 19.9 Å². The van der Waals surface area contributed by atoms with Crippen LogP contribution >= 0.6 is 0 Å². The van der Waals surface area contributed by atoms with E-state index in [-0.39, 0.29) is 5.91 Å². The molecule has 1 atom stereocenters. The van der Waals surface area contributed by atoms with Crippen molar-refractivity contribution >= 4 is 23.2 Å². The molecule has 31 heavy (non-hydrogen) atoms. The first-order chi connectivity index (χ1) is 15.0. The average Bonchev–Trinajstić information content (AvgIpc) is 3.22. The Morgan fingerprint density at radius 1 is 1.19 bits per heavy atom. The number of fused-ring (bicyclic) bond motifs is 1. The van der Waals surface area contributed by atoms with Crippen LogP contribution in [-0.2, 0) is 4.79 Å². The number of carbonyl (C=O) groups excluding carboxylic acids is 1. The first kappa shape index (κ1) is 20.4. The molecule has 3 aromatic rings. The molecule has 0 saturated carbocycles. The van der Waals surface area contributed by atoms with Crippen molar-refractivity contribution in [1.29, 1.82) is 0 Å². The van der Waals surface area contributed by atoms with E-state index in [1.165, 1.54) is 0 Å². The molecule has 0 aliphatic carbocycles. The van der Waals surface area contributed by atoms with Crippen LogP contribution in [0.25, 0.3) is 0 Å². The maximum atomic E-state index is 13.5. The van der Waals surface area contributed by atoms with Crippen molar-refractivity contribution in [3.05, 3.63) is 65.4 Å². The predicted molar refractivity (Wildman–Crippen MR) is 119 cm³/mol. The number of hydrogen-bond donors (Lipinski definition) is 2. The molecule has 4 rings (SSSR count). The third-order valence-electron chi connectivity index (χ3n) is 5.12. The summed E-state index contributed by atoms with van der Waals surface area (Å²) in [5, 5.41) is 18.1. The summed E-state index contributed by atoms with van der Waals surface area (Å²) in [7, 11) is 3.97. The van der Waals surface area contributed by atoms with Crippen molar-refractivity contribution in [2.75, 3.05) is 36.2 Å². The van der Waals surface area contributed by atoms with Crippen LogP contribution in [0.2, 0.25) is 0 Å². The lowest BCUT2D eigenvalue weighted by Gasteiger charge is -2.28. The number of allylic oxidation sites excluding steroid dienone is 1. The summed E-state index contributed by atoms with van der Waals surface area (Å²) < 4.78 is 7.28. The summed E-state index contributed by atoms with van der Waals surface area (Å²) in [4.78, 5) is 15.5. The summed E-state index contributed by atoms with van der Waals surface area (Å²) >= 11 is 0. The minimum absolute atomic E-state index is 0.250. The Bertz CT molecular complexity index is 1120. The van der Waals surface area contributed by atoms with E-state index in [1.807, 2.05) is 81.4 Å². The minimum atomic E-state index is -0.471. The Kier molecular flexibility index (Phi) is 5.57. The summed E-state index contributed by atoms with van der Waals surface area (Å²) in [6.45, 7) is 4.26. The predicted octanol–water partition coefficient (Wildman–Crippen LogP) is 3.07. The molecule has 1 aliphatic heterocycles. The Balaban J connectivity index is 1.73. The molecule has 2 heterocycles. The van der Waals surface area contributed by atoms with E-state index in [1.54, 1.807) is 4.68 Å². The van der Waals surface area contributed by atoms with Gasteiger partial charge in [-0.05, 0) is 54.1 Å². The Morgan fingerprint density at radius 2 is 1.94 bits per heavy atom. The smallest absolute Gasteiger partial charge is 0.255 e. The van der Waals surface area contributed by atoms with Crippen molar-refractivity contribution in [2.24, 2.45) is 0 Å². The lowest BCUT2D eigenvalue weighted by molar-refractivity contribution is -0.113. The Labute approximate surface area is 180 Å². The fourth-order valence-corrected chi connectivity index (χ4v) is 3.61. The number of rotatable bonds is 6. The number of anilines is 3. The standard InChI is InChI=1S/C22H25N7O2/c1-5-31-18-9-7-6-8-17(18)24-21(30)19-14(2)23-22-25-26-27-29(22)20(19)15-10-12-16(13-11-15)28(3)4/h6-13,20H,5H2,1-4H3,(H,24,30)(H,23,25,27). The number of aromatic nitrogens is 4. The van der Waals surface area contributed by atoms with Crippen LogP contribution in [0.1, 0.15) is 25.5 Å². The zero-order valence-electron chi connectivity index (χ0n) is 18.0. The Morgan fingerprint density at radius 3 is 2.65 bits per heavy atom. The van der Waals surface area contributed by atoms with Gasteiger partial charge in [-0.3, -0.25) is 4.79 Å². The van der Waals surface area contributed by atoms with Crippen molar-refractivity contribution in [3.63, 3.8) is 0 Å². The van der Waals surface area contributed by atoms with E-state index in [9.17, 15) is 4.79 Å². The molecule has 1 aromatic heterocycles. The van der Waals surface area contributed by atoms with E-state index in [4.69, 9.17) is 4.74 Å². The molecule has 1 unspecified atom stereocenters. The number of nitrogens with one attached hydrogen (secondary N) is 2. The number of benzene rings is 2. The third kappa shape index (κ3) is 3.94. The van der Waals surface area contributed by atoms with Gasteiger partial charge in [-0.25, -0.2) is 0 Å². The topological polar surface area (TPSA) is 97.2 Å². The number of carbonyl (C=O) groups is 1. The normalized spacial score (nSPS) is 15.2. The van der Waals surface area contributed by atoms with Gasteiger partial charge in [0.1, 0.15) is 11.8 Å². The van der Waals surface area contributed by atoms with Gasteiger partial charge in [0.25, 0.3) is 5.91 Å². The highest BCUT2D eigenvalue weighted by molar-refractivity contribution is 6.06. The number of nitrogens with zero attached hydrogens (tertiary/aromatic N) is 5. The molecule has 0 spiro atoms. The van der Waals surface area contributed by atoms with E-state index in [2.05, 4.69) is 26.2 Å². The Hall–Kier alpha value is -3.88. The van der Waals surface area contributed by atoms with Crippen LogP contribution < -0.4 is 20.3 Å². The van der Waals surface area contributed by atoms with Gasteiger partial charge in [-0.1, -0.05) is 29.4 Å². The largest absolute Gasteiger partial charge is 0.492 e. The van der Waals surface area contributed by atoms with Gasteiger partial charge in [-0.15, -0.1) is 0 Å². The second-order valence-corrected chi connectivity index (χ2v) is 7.38. The molecular formula is C22H25N7O2. The van der Waals surface area contributed by atoms with Gasteiger partial charge in [0.2, 0.25) is 5.95 Å². The first-order valence-corrected chi connectivity index (χ1v) is 10.1. The van der Waals surface area contributed by atoms with Crippen LogP contribution in [-0.4, -0.2) is 46.8 Å². The van der Waals surface area contributed by atoms with Gasteiger partial charge < -0.3 is 20.3 Å². The molecule has 9 heteroatoms. The molecule has 0 bridgehead atoms. The second-order valence-electron chi connectivity index (χ2n) is 7.38.